The van der Waals surface area contributed by atoms with Gasteiger partial charge >= 0.3 is 0 Å². The molecule has 0 saturated carbocycles. The van der Waals surface area contributed by atoms with Crippen LogP contribution in [0, 0.1) is 5.82 Å². The van der Waals surface area contributed by atoms with E-state index in [4.69, 9.17) is 0 Å². The molecule has 2 nitrogen and oxygen atoms in total. The third-order valence-corrected chi connectivity index (χ3v) is 4.50. The Balaban J connectivity index is 2.08. The van der Waals surface area contributed by atoms with E-state index in [1.807, 2.05) is 12.1 Å². The highest BCUT2D eigenvalue weighted by Gasteiger charge is 2.23. The van der Waals surface area contributed by atoms with Crippen LogP contribution in [0.4, 0.5) is 4.39 Å². The van der Waals surface area contributed by atoms with Crippen molar-refractivity contribution in [2.75, 3.05) is 19.6 Å². The minimum atomic E-state index is -0.147. The van der Waals surface area contributed by atoms with Gasteiger partial charge in [-0.05, 0) is 56.5 Å². The minimum Gasteiger partial charge on any atom is -0.313 e. The van der Waals surface area contributed by atoms with Crippen LogP contribution in [-0.2, 0) is 0 Å². The van der Waals surface area contributed by atoms with Crippen molar-refractivity contribution in [1.82, 2.24) is 10.2 Å². The lowest BCUT2D eigenvalue weighted by molar-refractivity contribution is 0.173. The van der Waals surface area contributed by atoms with E-state index in [2.05, 4.69) is 24.1 Å². The van der Waals surface area contributed by atoms with Gasteiger partial charge in [0.2, 0.25) is 0 Å². The first-order valence-electron chi connectivity index (χ1n) is 8.47. The molecule has 2 atom stereocenters. The standard InChI is InChI=1S/C18H29FN2/c1-3-5-13-21(14-17-7-6-12-20-17)18(4-2)15-8-10-16(19)11-9-15/h8-11,17-18,20H,3-7,12-14H2,1-2H3. The van der Waals surface area contributed by atoms with Gasteiger partial charge < -0.3 is 5.32 Å². The molecule has 1 N–H and O–H groups in total. The summed E-state index contributed by atoms with van der Waals surface area (Å²) < 4.78 is 13.2. The molecule has 1 aromatic carbocycles. The number of benzene rings is 1. The van der Waals surface area contributed by atoms with Gasteiger partial charge in [-0.1, -0.05) is 32.4 Å². The molecule has 0 aliphatic carbocycles. The summed E-state index contributed by atoms with van der Waals surface area (Å²) in [6.45, 7) is 7.86. The molecular weight excluding hydrogens is 263 g/mol. The van der Waals surface area contributed by atoms with Crippen molar-refractivity contribution in [3.05, 3.63) is 35.6 Å². The third-order valence-electron chi connectivity index (χ3n) is 4.50. The number of halogens is 1. The summed E-state index contributed by atoms with van der Waals surface area (Å²) >= 11 is 0. The van der Waals surface area contributed by atoms with Crippen LogP contribution in [0.15, 0.2) is 24.3 Å². The molecule has 0 bridgehead atoms. The number of rotatable bonds is 8. The third kappa shape index (κ3) is 4.79. The molecule has 0 spiro atoms. The average Bonchev–Trinajstić information content (AvgIpc) is 3.00. The molecule has 21 heavy (non-hydrogen) atoms. The van der Waals surface area contributed by atoms with Crippen LogP contribution < -0.4 is 5.32 Å². The Bertz CT molecular complexity index is 398. The summed E-state index contributed by atoms with van der Waals surface area (Å²) in [4.78, 5) is 2.60. The van der Waals surface area contributed by atoms with Crippen LogP contribution in [0.25, 0.3) is 0 Å². The summed E-state index contributed by atoms with van der Waals surface area (Å²) in [6.07, 6.45) is 6.09. The summed E-state index contributed by atoms with van der Waals surface area (Å²) in [6, 6.07) is 8.10. The van der Waals surface area contributed by atoms with Crippen molar-refractivity contribution in [3.63, 3.8) is 0 Å². The monoisotopic (exact) mass is 292 g/mol. The van der Waals surface area contributed by atoms with Gasteiger partial charge in [-0.3, -0.25) is 4.90 Å². The maximum absolute atomic E-state index is 13.2. The van der Waals surface area contributed by atoms with E-state index in [0.717, 1.165) is 26.1 Å². The molecule has 1 aromatic rings. The molecule has 1 heterocycles. The zero-order chi connectivity index (χ0) is 15.1. The summed E-state index contributed by atoms with van der Waals surface area (Å²) in [5, 5.41) is 3.60. The van der Waals surface area contributed by atoms with E-state index in [1.165, 1.54) is 31.2 Å². The van der Waals surface area contributed by atoms with Crippen molar-refractivity contribution in [3.8, 4) is 0 Å². The van der Waals surface area contributed by atoms with E-state index in [0.29, 0.717) is 12.1 Å². The Hall–Kier alpha value is -0.930. The maximum Gasteiger partial charge on any atom is 0.123 e. The largest absolute Gasteiger partial charge is 0.313 e. The second-order valence-corrected chi connectivity index (χ2v) is 6.12. The van der Waals surface area contributed by atoms with Crippen LogP contribution in [0.1, 0.15) is 57.6 Å². The van der Waals surface area contributed by atoms with Crippen LogP contribution in [-0.4, -0.2) is 30.6 Å². The highest BCUT2D eigenvalue weighted by atomic mass is 19.1. The van der Waals surface area contributed by atoms with Crippen molar-refractivity contribution < 1.29 is 4.39 Å². The Morgan fingerprint density at radius 3 is 2.62 bits per heavy atom. The zero-order valence-corrected chi connectivity index (χ0v) is 13.4. The lowest BCUT2D eigenvalue weighted by Gasteiger charge is -2.33. The van der Waals surface area contributed by atoms with E-state index in [-0.39, 0.29) is 5.82 Å². The van der Waals surface area contributed by atoms with Gasteiger partial charge in [0.1, 0.15) is 5.82 Å². The van der Waals surface area contributed by atoms with E-state index in [1.54, 1.807) is 12.1 Å². The number of nitrogens with one attached hydrogen (secondary N) is 1. The summed E-state index contributed by atoms with van der Waals surface area (Å²) in [5.74, 6) is -0.147. The van der Waals surface area contributed by atoms with Crippen molar-refractivity contribution in [2.24, 2.45) is 0 Å². The van der Waals surface area contributed by atoms with E-state index < -0.39 is 0 Å². The van der Waals surface area contributed by atoms with E-state index in [9.17, 15) is 4.39 Å². The molecule has 2 unspecified atom stereocenters. The fourth-order valence-electron chi connectivity index (χ4n) is 3.32. The fourth-order valence-corrected chi connectivity index (χ4v) is 3.32. The Kier molecular flexibility index (Phi) is 6.65. The van der Waals surface area contributed by atoms with E-state index >= 15 is 0 Å². The minimum absolute atomic E-state index is 0.147. The molecule has 1 fully saturated rings. The molecule has 3 heteroatoms. The quantitative estimate of drug-likeness (QED) is 0.775. The smallest absolute Gasteiger partial charge is 0.123 e. The lowest BCUT2D eigenvalue weighted by atomic mass is 10.0. The first-order chi connectivity index (χ1) is 10.2. The molecule has 0 radical (unpaired) electrons. The van der Waals surface area contributed by atoms with Gasteiger partial charge in [-0.15, -0.1) is 0 Å². The molecule has 2 rings (SSSR count). The molecule has 118 valence electrons. The first kappa shape index (κ1) is 16.4. The second kappa shape index (κ2) is 8.50. The Morgan fingerprint density at radius 1 is 1.29 bits per heavy atom. The van der Waals surface area contributed by atoms with Gasteiger partial charge in [-0.25, -0.2) is 4.39 Å². The molecule has 0 amide bonds. The number of hydrogen-bond donors (Lipinski definition) is 1. The maximum atomic E-state index is 13.2. The number of unbranched alkanes of at least 4 members (excludes halogenated alkanes) is 1. The predicted molar refractivity (Wildman–Crippen MR) is 86.9 cm³/mol. The summed E-state index contributed by atoms with van der Waals surface area (Å²) in [5.41, 5.74) is 1.24. The van der Waals surface area contributed by atoms with Crippen LogP contribution in [0.5, 0.6) is 0 Å². The fraction of sp³-hybridized carbons (Fsp3) is 0.667. The second-order valence-electron chi connectivity index (χ2n) is 6.12. The molecular formula is C18H29FN2. The van der Waals surface area contributed by atoms with Crippen LogP contribution in [0.3, 0.4) is 0 Å². The SMILES string of the molecule is CCCCN(CC1CCCN1)C(CC)c1ccc(F)cc1. The Morgan fingerprint density at radius 2 is 2.05 bits per heavy atom. The summed E-state index contributed by atoms with van der Waals surface area (Å²) in [7, 11) is 0. The molecule has 0 aromatic heterocycles. The first-order valence-corrected chi connectivity index (χ1v) is 8.47. The zero-order valence-electron chi connectivity index (χ0n) is 13.4. The normalized spacial score (nSPS) is 20.1. The van der Waals surface area contributed by atoms with Gasteiger partial charge in [0.05, 0.1) is 0 Å². The van der Waals surface area contributed by atoms with Crippen molar-refractivity contribution in [2.45, 2.75) is 58.0 Å². The number of nitrogens with zero attached hydrogens (tertiary/aromatic N) is 1. The van der Waals surface area contributed by atoms with Gasteiger partial charge in [-0.2, -0.15) is 0 Å². The average molecular weight is 292 g/mol. The predicted octanol–water partition coefficient (Wildman–Crippen LogP) is 4.13. The van der Waals surface area contributed by atoms with Crippen molar-refractivity contribution in [1.29, 1.82) is 0 Å². The number of hydrogen-bond acceptors (Lipinski definition) is 2. The molecule has 1 saturated heterocycles. The van der Waals surface area contributed by atoms with Gasteiger partial charge in [0.25, 0.3) is 0 Å². The van der Waals surface area contributed by atoms with Crippen LogP contribution in [0.2, 0.25) is 0 Å². The molecule has 1 aliphatic heterocycles. The lowest BCUT2D eigenvalue weighted by Crippen LogP contribution is -2.40. The van der Waals surface area contributed by atoms with Gasteiger partial charge in [0.15, 0.2) is 0 Å². The highest BCUT2D eigenvalue weighted by molar-refractivity contribution is 5.20. The van der Waals surface area contributed by atoms with Crippen molar-refractivity contribution >= 4 is 0 Å². The highest BCUT2D eigenvalue weighted by Crippen LogP contribution is 2.26. The Labute approximate surface area is 128 Å². The molecule has 1 aliphatic rings. The van der Waals surface area contributed by atoms with Crippen LogP contribution >= 0.6 is 0 Å². The topological polar surface area (TPSA) is 15.3 Å². The van der Waals surface area contributed by atoms with Gasteiger partial charge in [0, 0.05) is 18.6 Å².